The molecule has 1 amide bonds. The van der Waals surface area contributed by atoms with Crippen LogP contribution in [0.15, 0.2) is 42.5 Å². The van der Waals surface area contributed by atoms with Crippen LogP contribution in [0.25, 0.3) is 0 Å². The summed E-state index contributed by atoms with van der Waals surface area (Å²) in [5, 5.41) is 0. The number of amides is 1. The van der Waals surface area contributed by atoms with Crippen molar-refractivity contribution in [1.29, 1.82) is 0 Å². The molecule has 25 heavy (non-hydrogen) atoms. The average molecular weight is 433 g/mol. The fourth-order valence-electron chi connectivity index (χ4n) is 2.88. The molecule has 1 radical (unpaired) electrons. The molecule has 1 aromatic carbocycles. The van der Waals surface area contributed by atoms with E-state index in [2.05, 4.69) is 6.92 Å². The van der Waals surface area contributed by atoms with Crippen molar-refractivity contribution in [2.45, 2.75) is 38.1 Å². The number of ketones is 1. The molecule has 5 heteroatoms. The van der Waals surface area contributed by atoms with E-state index in [0.717, 1.165) is 42.9 Å². The van der Waals surface area contributed by atoms with Crippen LogP contribution in [0.4, 0.5) is 0 Å². The molecular formula is C20H26NO2SY-. The second-order valence-electron chi connectivity index (χ2n) is 6.00. The topological polar surface area (TPSA) is 37.4 Å². The van der Waals surface area contributed by atoms with Gasteiger partial charge in [0.05, 0.1) is 6.04 Å². The zero-order valence-electron chi connectivity index (χ0n) is 14.7. The van der Waals surface area contributed by atoms with Gasteiger partial charge in [0.2, 0.25) is 5.91 Å². The smallest absolute Gasteiger partial charge is 0.223 e. The van der Waals surface area contributed by atoms with Crippen molar-refractivity contribution in [2.75, 3.05) is 18.1 Å². The van der Waals surface area contributed by atoms with Crippen LogP contribution >= 0.6 is 11.8 Å². The largest absolute Gasteiger partial charge is 0.343 e. The Balaban J connectivity index is 0.00000312. The van der Waals surface area contributed by atoms with Crippen molar-refractivity contribution in [3.63, 3.8) is 0 Å². The Kier molecular flexibility index (Phi) is 11.6. The van der Waals surface area contributed by atoms with E-state index in [1.165, 1.54) is 0 Å². The second kappa shape index (κ2) is 12.8. The molecule has 0 unspecified atom stereocenters. The summed E-state index contributed by atoms with van der Waals surface area (Å²) in [5.41, 5.74) is 1.02. The minimum Gasteiger partial charge on any atom is -0.343 e. The molecule has 2 rings (SSSR count). The van der Waals surface area contributed by atoms with Crippen molar-refractivity contribution >= 4 is 23.5 Å². The normalized spacial score (nSPS) is 17.6. The number of piperidine rings is 1. The summed E-state index contributed by atoms with van der Waals surface area (Å²) in [6, 6.07) is 9.81. The molecule has 1 heterocycles. The van der Waals surface area contributed by atoms with Crippen LogP contribution in [0.3, 0.4) is 0 Å². The quantitative estimate of drug-likeness (QED) is 0.339. The van der Waals surface area contributed by atoms with E-state index >= 15 is 0 Å². The SMILES string of the molecule is [CH2-]CCSCCN1C(=O)CCC[C@@H]1/C=C/C(=O)Cc1ccccc1.[Y]. The number of carbonyl (C=O) groups is 2. The van der Waals surface area contributed by atoms with Gasteiger partial charge in [0.1, 0.15) is 0 Å². The van der Waals surface area contributed by atoms with Gasteiger partial charge in [-0.2, -0.15) is 18.2 Å². The van der Waals surface area contributed by atoms with Gasteiger partial charge in [0.25, 0.3) is 0 Å². The standard InChI is InChI=1S/C20H26NO2S.Y/c1-2-14-24-15-13-21-18(9-6-10-20(21)23)11-12-19(22)16-17-7-4-3-5-8-17;/h3-5,7-8,11-12,18H,1-2,6,9-10,13-16H2;/q-1;/b12-11+;/t18-;/m1./s1. The van der Waals surface area contributed by atoms with Gasteiger partial charge in [-0.05, 0) is 30.2 Å². The molecular weight excluding hydrogens is 407 g/mol. The van der Waals surface area contributed by atoms with Gasteiger partial charge in [-0.1, -0.05) is 36.4 Å². The molecule has 0 aliphatic carbocycles. The van der Waals surface area contributed by atoms with Crippen LogP contribution in [-0.2, 0) is 48.7 Å². The molecule has 1 fully saturated rings. The molecule has 0 bridgehead atoms. The van der Waals surface area contributed by atoms with Crippen LogP contribution in [0.1, 0.15) is 31.2 Å². The molecule has 0 spiro atoms. The molecule has 1 aliphatic rings. The number of hydrogen-bond donors (Lipinski definition) is 0. The Morgan fingerprint density at radius 3 is 2.76 bits per heavy atom. The van der Waals surface area contributed by atoms with Crippen LogP contribution in [0.5, 0.6) is 0 Å². The number of allylic oxidation sites excluding steroid dienone is 1. The maximum atomic E-state index is 12.2. The number of nitrogens with zero attached hydrogens (tertiary/aromatic N) is 1. The molecule has 1 aliphatic heterocycles. The minimum atomic E-state index is 0. The maximum absolute atomic E-state index is 12.2. The fourth-order valence-corrected chi connectivity index (χ4v) is 3.61. The van der Waals surface area contributed by atoms with Crippen molar-refractivity contribution < 1.29 is 42.3 Å². The van der Waals surface area contributed by atoms with Crippen molar-refractivity contribution in [3.8, 4) is 0 Å². The monoisotopic (exact) mass is 433 g/mol. The van der Waals surface area contributed by atoms with Crippen molar-refractivity contribution in [2.24, 2.45) is 0 Å². The van der Waals surface area contributed by atoms with Gasteiger partial charge in [-0.3, -0.25) is 9.59 Å². The molecule has 0 aromatic heterocycles. The van der Waals surface area contributed by atoms with Crippen LogP contribution in [0.2, 0.25) is 0 Å². The van der Waals surface area contributed by atoms with Gasteiger partial charge in [0.15, 0.2) is 5.78 Å². The van der Waals surface area contributed by atoms with E-state index in [4.69, 9.17) is 0 Å². The zero-order valence-corrected chi connectivity index (χ0v) is 18.4. The molecule has 1 saturated heterocycles. The molecule has 1 aromatic rings. The van der Waals surface area contributed by atoms with Gasteiger partial charge in [0, 0.05) is 57.8 Å². The molecule has 3 nitrogen and oxygen atoms in total. The molecule has 133 valence electrons. The fraction of sp³-hybridized carbons (Fsp3) is 0.450. The first kappa shape index (κ1) is 22.6. The second-order valence-corrected chi connectivity index (χ2v) is 7.23. The predicted molar refractivity (Wildman–Crippen MR) is 101 cm³/mol. The van der Waals surface area contributed by atoms with E-state index < -0.39 is 0 Å². The summed E-state index contributed by atoms with van der Waals surface area (Å²) in [4.78, 5) is 26.3. The Morgan fingerprint density at radius 2 is 2.04 bits per heavy atom. The summed E-state index contributed by atoms with van der Waals surface area (Å²) in [6.45, 7) is 4.59. The third-order valence-electron chi connectivity index (χ3n) is 4.10. The first-order valence-electron chi connectivity index (χ1n) is 8.62. The third-order valence-corrected chi connectivity index (χ3v) is 5.15. The maximum Gasteiger partial charge on any atom is 0.223 e. The Morgan fingerprint density at radius 1 is 1.28 bits per heavy atom. The van der Waals surface area contributed by atoms with Gasteiger partial charge in [-0.15, -0.1) is 0 Å². The van der Waals surface area contributed by atoms with Crippen LogP contribution in [-0.4, -0.2) is 40.7 Å². The van der Waals surface area contributed by atoms with Crippen LogP contribution < -0.4 is 0 Å². The number of benzene rings is 1. The molecule has 1 atom stereocenters. The van der Waals surface area contributed by atoms with Crippen LogP contribution in [0, 0.1) is 6.92 Å². The van der Waals surface area contributed by atoms with E-state index in [9.17, 15) is 9.59 Å². The zero-order chi connectivity index (χ0) is 17.2. The number of hydrogen-bond acceptors (Lipinski definition) is 3. The predicted octanol–water partition coefficient (Wildman–Crippen LogP) is 3.69. The summed E-state index contributed by atoms with van der Waals surface area (Å²) in [6.07, 6.45) is 7.39. The Bertz CT molecular complexity index is 562. The molecule has 0 N–H and O–H groups in total. The number of thioether (sulfide) groups is 1. The minimum absolute atomic E-state index is 0. The third kappa shape index (κ3) is 8.19. The first-order valence-corrected chi connectivity index (χ1v) is 9.77. The summed E-state index contributed by atoms with van der Waals surface area (Å²) in [7, 11) is 0. The van der Waals surface area contributed by atoms with Crippen molar-refractivity contribution in [1.82, 2.24) is 4.90 Å². The van der Waals surface area contributed by atoms with Crippen molar-refractivity contribution in [3.05, 3.63) is 55.0 Å². The van der Waals surface area contributed by atoms with Gasteiger partial charge < -0.3 is 11.8 Å². The van der Waals surface area contributed by atoms with E-state index in [1.54, 1.807) is 6.08 Å². The Labute approximate surface area is 180 Å². The van der Waals surface area contributed by atoms with E-state index in [-0.39, 0.29) is 50.4 Å². The average Bonchev–Trinajstić information content (AvgIpc) is 2.59. The first-order chi connectivity index (χ1) is 11.7. The number of likely N-dealkylation sites (tertiary alicyclic amines) is 1. The summed E-state index contributed by atoms with van der Waals surface area (Å²) >= 11 is 1.83. The van der Waals surface area contributed by atoms with E-state index in [0.29, 0.717) is 12.8 Å². The molecule has 0 saturated carbocycles. The summed E-state index contributed by atoms with van der Waals surface area (Å²) < 4.78 is 0. The van der Waals surface area contributed by atoms with Gasteiger partial charge in [-0.25, -0.2) is 0 Å². The van der Waals surface area contributed by atoms with E-state index in [1.807, 2.05) is 53.1 Å². The van der Waals surface area contributed by atoms with Gasteiger partial charge >= 0.3 is 0 Å². The number of carbonyl (C=O) groups excluding carboxylic acids is 2. The summed E-state index contributed by atoms with van der Waals surface area (Å²) in [5.74, 6) is 2.26. The number of rotatable bonds is 9. The Hall–Kier alpha value is -0.446.